The Hall–Kier alpha value is -0.0400. The van der Waals surface area contributed by atoms with Gasteiger partial charge in [-0.05, 0) is 12.8 Å². The van der Waals surface area contributed by atoms with Crippen LogP contribution in [0.25, 0.3) is 0 Å². The fourth-order valence-corrected chi connectivity index (χ4v) is 4.71. The van der Waals surface area contributed by atoms with Crippen LogP contribution in [-0.4, -0.2) is 12.2 Å². The molecule has 1 aliphatic heterocycles. The molecule has 1 heterocycles. The minimum Gasteiger partial charge on any atom is -0.370 e. The summed E-state index contributed by atoms with van der Waals surface area (Å²) >= 11 is 0. The van der Waals surface area contributed by atoms with Crippen LogP contribution in [-0.2, 0) is 4.74 Å². The van der Waals surface area contributed by atoms with Gasteiger partial charge in [0.1, 0.15) is 0 Å². The molecule has 0 spiro atoms. The molecule has 0 bridgehead atoms. The molecule has 1 rings (SSSR count). The van der Waals surface area contributed by atoms with Crippen LogP contribution in [0.1, 0.15) is 168 Å². The number of ether oxygens (including phenoxy) is 1. The van der Waals surface area contributed by atoms with Crippen LogP contribution in [0.15, 0.2) is 0 Å². The van der Waals surface area contributed by atoms with Gasteiger partial charge in [-0.1, -0.05) is 155 Å². The maximum absolute atomic E-state index is 5.87. The van der Waals surface area contributed by atoms with Crippen molar-refractivity contribution in [2.45, 2.75) is 180 Å². The van der Waals surface area contributed by atoms with Gasteiger partial charge >= 0.3 is 0 Å². The first-order valence-corrected chi connectivity index (χ1v) is 14.0. The van der Waals surface area contributed by atoms with E-state index in [0.29, 0.717) is 12.2 Å². The van der Waals surface area contributed by atoms with Crippen molar-refractivity contribution in [2.24, 2.45) is 0 Å². The van der Waals surface area contributed by atoms with Gasteiger partial charge in [0.15, 0.2) is 0 Å². The Morgan fingerprint density at radius 3 is 0.862 bits per heavy atom. The van der Waals surface area contributed by atoms with Crippen molar-refractivity contribution < 1.29 is 4.74 Å². The van der Waals surface area contributed by atoms with E-state index in [1.807, 2.05) is 0 Å². The van der Waals surface area contributed by atoms with Gasteiger partial charge < -0.3 is 4.74 Å². The van der Waals surface area contributed by atoms with E-state index in [1.165, 1.54) is 154 Å². The molecule has 0 aromatic heterocycles. The zero-order valence-electron chi connectivity index (χ0n) is 20.5. The molecular formula is C28H56O. The molecular weight excluding hydrogens is 352 g/mol. The van der Waals surface area contributed by atoms with Crippen LogP contribution in [0.4, 0.5) is 0 Å². The second-order valence-corrected chi connectivity index (χ2v) is 9.86. The van der Waals surface area contributed by atoms with E-state index in [2.05, 4.69) is 13.8 Å². The second kappa shape index (κ2) is 21.2. The summed E-state index contributed by atoms with van der Waals surface area (Å²) in [6, 6.07) is 0. The Morgan fingerprint density at radius 1 is 0.345 bits per heavy atom. The van der Waals surface area contributed by atoms with E-state index in [4.69, 9.17) is 4.74 Å². The fourth-order valence-electron chi connectivity index (χ4n) is 4.71. The van der Waals surface area contributed by atoms with Crippen molar-refractivity contribution in [3.8, 4) is 0 Å². The lowest BCUT2D eigenvalue weighted by molar-refractivity contribution is 0.347. The molecule has 0 N–H and O–H groups in total. The Bertz CT molecular complexity index is 313. The number of epoxide rings is 1. The van der Waals surface area contributed by atoms with Crippen LogP contribution in [0.2, 0.25) is 0 Å². The topological polar surface area (TPSA) is 12.5 Å². The molecule has 0 aromatic carbocycles. The average Bonchev–Trinajstić information content (AvgIpc) is 3.48. The number of unbranched alkanes of at least 4 members (excludes halogenated alkanes) is 20. The summed E-state index contributed by atoms with van der Waals surface area (Å²) in [5.41, 5.74) is 0. The van der Waals surface area contributed by atoms with Crippen molar-refractivity contribution in [1.82, 2.24) is 0 Å². The molecule has 174 valence electrons. The molecule has 0 aromatic rings. The summed E-state index contributed by atoms with van der Waals surface area (Å²) in [7, 11) is 0. The molecule has 0 aliphatic carbocycles. The van der Waals surface area contributed by atoms with Crippen LogP contribution in [0.3, 0.4) is 0 Å². The normalized spacial score (nSPS) is 18.4. The third-order valence-electron chi connectivity index (χ3n) is 6.87. The lowest BCUT2D eigenvalue weighted by Gasteiger charge is -2.03. The van der Waals surface area contributed by atoms with E-state index >= 15 is 0 Å². The SMILES string of the molecule is CCCCCCCCCCCCCCCCCCC1OC1CCCCCCCC. The van der Waals surface area contributed by atoms with Crippen molar-refractivity contribution in [3.63, 3.8) is 0 Å². The summed E-state index contributed by atoms with van der Waals surface area (Å²) in [4.78, 5) is 0. The highest BCUT2D eigenvalue weighted by Gasteiger charge is 2.36. The largest absolute Gasteiger partial charge is 0.370 e. The van der Waals surface area contributed by atoms with E-state index in [0.717, 1.165) is 0 Å². The fraction of sp³-hybridized carbons (Fsp3) is 1.00. The summed E-state index contributed by atoms with van der Waals surface area (Å²) in [5, 5.41) is 0. The van der Waals surface area contributed by atoms with Crippen LogP contribution >= 0.6 is 0 Å². The Labute approximate surface area is 185 Å². The second-order valence-electron chi connectivity index (χ2n) is 9.86. The van der Waals surface area contributed by atoms with Crippen LogP contribution in [0, 0.1) is 0 Å². The van der Waals surface area contributed by atoms with Crippen LogP contribution < -0.4 is 0 Å². The first kappa shape index (κ1) is 27.0. The highest BCUT2D eigenvalue weighted by molar-refractivity contribution is 4.84. The zero-order chi connectivity index (χ0) is 20.8. The molecule has 29 heavy (non-hydrogen) atoms. The highest BCUT2D eigenvalue weighted by atomic mass is 16.6. The highest BCUT2D eigenvalue weighted by Crippen LogP contribution is 2.31. The molecule has 1 nitrogen and oxygen atoms in total. The number of rotatable bonds is 24. The third-order valence-corrected chi connectivity index (χ3v) is 6.87. The molecule has 1 fully saturated rings. The van der Waals surface area contributed by atoms with E-state index < -0.39 is 0 Å². The first-order valence-electron chi connectivity index (χ1n) is 14.0. The van der Waals surface area contributed by atoms with Crippen molar-refractivity contribution >= 4 is 0 Å². The van der Waals surface area contributed by atoms with Gasteiger partial charge in [0.2, 0.25) is 0 Å². The molecule has 2 unspecified atom stereocenters. The maximum atomic E-state index is 5.87. The first-order chi connectivity index (χ1) is 14.4. The number of hydrogen-bond acceptors (Lipinski definition) is 1. The predicted octanol–water partition coefficient (Wildman–Crippen LogP) is 10.2. The molecule has 2 atom stereocenters. The molecule has 1 heteroatoms. The lowest BCUT2D eigenvalue weighted by atomic mass is 10.0. The number of hydrogen-bond donors (Lipinski definition) is 0. The van der Waals surface area contributed by atoms with Gasteiger partial charge in [0.25, 0.3) is 0 Å². The molecule has 0 radical (unpaired) electrons. The van der Waals surface area contributed by atoms with Crippen molar-refractivity contribution in [2.75, 3.05) is 0 Å². The quantitative estimate of drug-likeness (QED) is 0.114. The predicted molar refractivity (Wildman–Crippen MR) is 131 cm³/mol. The van der Waals surface area contributed by atoms with Crippen molar-refractivity contribution in [1.29, 1.82) is 0 Å². The van der Waals surface area contributed by atoms with Gasteiger partial charge in [-0.25, -0.2) is 0 Å². The van der Waals surface area contributed by atoms with E-state index in [-0.39, 0.29) is 0 Å². The Balaban J connectivity index is 1.67. The smallest absolute Gasteiger partial charge is 0.0841 e. The monoisotopic (exact) mass is 408 g/mol. The van der Waals surface area contributed by atoms with Gasteiger partial charge in [-0.3, -0.25) is 0 Å². The molecule has 1 saturated heterocycles. The summed E-state index contributed by atoms with van der Waals surface area (Å²) in [6.07, 6.45) is 35.7. The molecule has 0 amide bonds. The van der Waals surface area contributed by atoms with E-state index in [1.54, 1.807) is 0 Å². The molecule has 0 saturated carbocycles. The Morgan fingerprint density at radius 2 is 0.586 bits per heavy atom. The molecule has 1 aliphatic rings. The average molecular weight is 409 g/mol. The summed E-state index contributed by atoms with van der Waals surface area (Å²) in [6.45, 7) is 4.59. The van der Waals surface area contributed by atoms with Gasteiger partial charge in [0.05, 0.1) is 12.2 Å². The third kappa shape index (κ3) is 18.4. The minimum absolute atomic E-state index is 0.636. The van der Waals surface area contributed by atoms with Crippen molar-refractivity contribution in [3.05, 3.63) is 0 Å². The van der Waals surface area contributed by atoms with E-state index in [9.17, 15) is 0 Å². The Kier molecular flexibility index (Phi) is 19.7. The standard InChI is InChI=1S/C28H56O/c1-3-5-7-9-11-12-13-14-15-16-17-18-19-20-22-24-26-28-27(29-28)25-23-21-10-8-6-4-2/h27-28H,3-26H2,1-2H3. The van der Waals surface area contributed by atoms with Gasteiger partial charge in [0, 0.05) is 0 Å². The summed E-state index contributed by atoms with van der Waals surface area (Å²) < 4.78 is 5.87. The summed E-state index contributed by atoms with van der Waals surface area (Å²) in [5.74, 6) is 0. The minimum atomic E-state index is 0.636. The van der Waals surface area contributed by atoms with Crippen LogP contribution in [0.5, 0.6) is 0 Å². The van der Waals surface area contributed by atoms with Gasteiger partial charge in [-0.15, -0.1) is 0 Å². The van der Waals surface area contributed by atoms with Gasteiger partial charge in [-0.2, -0.15) is 0 Å². The maximum Gasteiger partial charge on any atom is 0.0841 e. The lowest BCUT2D eigenvalue weighted by Crippen LogP contribution is -1.94. The zero-order valence-corrected chi connectivity index (χ0v) is 20.5.